The number of rotatable bonds is 7. The highest BCUT2D eigenvalue weighted by molar-refractivity contribution is 8.00. The molecule has 2 N–H and O–H groups in total. The van der Waals surface area contributed by atoms with Crippen LogP contribution in [-0.4, -0.2) is 35.3 Å². The molecule has 3 aromatic rings. The molecule has 0 bridgehead atoms. The molecule has 0 radical (unpaired) electrons. The van der Waals surface area contributed by atoms with Crippen molar-refractivity contribution >= 4 is 50.8 Å². The number of halogens is 1. The summed E-state index contributed by atoms with van der Waals surface area (Å²) in [5.74, 6) is 0.375. The third-order valence-electron chi connectivity index (χ3n) is 5.38. The van der Waals surface area contributed by atoms with Crippen LogP contribution >= 0.6 is 23.4 Å². The molecule has 2 heterocycles. The lowest BCUT2D eigenvalue weighted by Crippen LogP contribution is -2.16. The Morgan fingerprint density at radius 2 is 2.00 bits per heavy atom. The first-order valence-corrected chi connectivity index (χ1v) is 13.6. The summed E-state index contributed by atoms with van der Waals surface area (Å²) in [7, 11) is -3.89. The summed E-state index contributed by atoms with van der Waals surface area (Å²) in [5.41, 5.74) is 3.03. The number of nitrogens with one attached hydrogen (secondary N) is 2. The first kappa shape index (κ1) is 24.9. The van der Waals surface area contributed by atoms with Gasteiger partial charge in [-0.05, 0) is 73.2 Å². The predicted octanol–water partition coefficient (Wildman–Crippen LogP) is 4.05. The number of nitriles is 1. The Bertz CT molecular complexity index is 1390. The minimum Gasteiger partial charge on any atom is -0.325 e. The van der Waals surface area contributed by atoms with Crippen molar-refractivity contribution < 1.29 is 13.2 Å². The highest BCUT2D eigenvalue weighted by atomic mass is 35.5. The lowest BCUT2D eigenvalue weighted by Gasteiger charge is -2.21. The minimum absolute atomic E-state index is 0.00661. The van der Waals surface area contributed by atoms with Crippen molar-refractivity contribution in [3.63, 3.8) is 0 Å². The van der Waals surface area contributed by atoms with Crippen molar-refractivity contribution in [1.82, 2.24) is 15.2 Å². The van der Waals surface area contributed by atoms with E-state index in [1.165, 1.54) is 48.2 Å². The van der Waals surface area contributed by atoms with E-state index >= 15 is 0 Å². The van der Waals surface area contributed by atoms with E-state index in [4.69, 9.17) is 11.6 Å². The maximum Gasteiger partial charge on any atom is 0.263 e. The molecule has 1 aliphatic carbocycles. The van der Waals surface area contributed by atoms with Gasteiger partial charge in [-0.25, -0.2) is 13.4 Å². The molecule has 180 valence electrons. The number of carbonyl (C=O) groups is 1. The van der Waals surface area contributed by atoms with Crippen LogP contribution in [0.4, 0.5) is 11.5 Å². The van der Waals surface area contributed by atoms with Crippen molar-refractivity contribution in [2.24, 2.45) is 5.92 Å². The summed E-state index contributed by atoms with van der Waals surface area (Å²) in [6, 6.07) is 12.6. The molecule has 0 fully saturated rings. The zero-order chi connectivity index (χ0) is 25.0. The summed E-state index contributed by atoms with van der Waals surface area (Å²) < 4.78 is 27.4. The summed E-state index contributed by atoms with van der Waals surface area (Å²) in [5, 5.41) is 20.2. The SMILES string of the molecule is CC1CCc2nc(SCC(=O)Nc3ccc(S(=O)(=O)Nc4ccc(Cl)nn4)cc3)c(C#N)cc2C1. The number of nitrogens with zero attached hydrogens (tertiary/aromatic N) is 4. The number of amides is 1. The van der Waals surface area contributed by atoms with E-state index in [0.29, 0.717) is 22.2 Å². The number of aryl methyl sites for hydroxylation is 1. The van der Waals surface area contributed by atoms with Gasteiger partial charge in [-0.15, -0.1) is 10.2 Å². The number of fused-ring (bicyclic) bond motifs is 1. The minimum atomic E-state index is -3.89. The molecule has 35 heavy (non-hydrogen) atoms. The van der Waals surface area contributed by atoms with Crippen LogP contribution in [-0.2, 0) is 27.7 Å². The average Bonchev–Trinajstić information content (AvgIpc) is 2.84. The van der Waals surface area contributed by atoms with Gasteiger partial charge in [0, 0.05) is 11.4 Å². The molecule has 9 nitrogen and oxygen atoms in total. The van der Waals surface area contributed by atoms with Crippen LogP contribution in [0, 0.1) is 17.2 Å². The van der Waals surface area contributed by atoms with Gasteiger partial charge < -0.3 is 5.32 Å². The third-order valence-corrected chi connectivity index (χ3v) is 7.94. The lowest BCUT2D eigenvalue weighted by atomic mass is 9.87. The van der Waals surface area contributed by atoms with E-state index in [9.17, 15) is 18.5 Å². The van der Waals surface area contributed by atoms with E-state index in [1.807, 2.05) is 6.07 Å². The van der Waals surface area contributed by atoms with Gasteiger partial charge in [-0.1, -0.05) is 30.3 Å². The predicted molar refractivity (Wildman–Crippen MR) is 134 cm³/mol. The number of hydrogen-bond acceptors (Lipinski definition) is 8. The quantitative estimate of drug-likeness (QED) is 0.438. The summed E-state index contributed by atoms with van der Waals surface area (Å²) >= 11 is 6.87. The van der Waals surface area contributed by atoms with Crippen molar-refractivity contribution in [1.29, 1.82) is 5.26 Å². The number of benzene rings is 1. The molecule has 0 saturated carbocycles. The third kappa shape index (κ3) is 6.28. The molecule has 4 rings (SSSR count). The van der Waals surface area contributed by atoms with Gasteiger partial charge in [0.2, 0.25) is 5.91 Å². The Balaban J connectivity index is 1.37. The highest BCUT2D eigenvalue weighted by Gasteiger charge is 2.20. The highest BCUT2D eigenvalue weighted by Crippen LogP contribution is 2.29. The van der Waals surface area contributed by atoms with E-state index in [-0.39, 0.29) is 27.5 Å². The fraction of sp³-hybridized carbons (Fsp3) is 0.261. The molecule has 1 aliphatic rings. The Hall–Kier alpha value is -3.20. The topological polar surface area (TPSA) is 138 Å². The number of sulfonamides is 1. The van der Waals surface area contributed by atoms with Crippen LogP contribution in [0.3, 0.4) is 0 Å². The Morgan fingerprint density at radius 3 is 2.69 bits per heavy atom. The standard InChI is InChI=1S/C23H21ClN6O3S2/c1-14-2-7-19-15(10-14)11-16(12-25)23(27-19)34-13-22(31)26-17-3-5-18(6-4-17)35(32,33)30-21-9-8-20(24)28-29-21/h3-6,8-9,11,14H,2,7,10,13H2,1H3,(H,26,31)(H,29,30). The van der Waals surface area contributed by atoms with Crippen molar-refractivity contribution in [2.45, 2.75) is 36.1 Å². The van der Waals surface area contributed by atoms with Crippen LogP contribution in [0.15, 0.2) is 52.4 Å². The van der Waals surface area contributed by atoms with Crippen LogP contribution in [0.5, 0.6) is 0 Å². The molecule has 1 unspecified atom stereocenters. The number of hydrogen-bond donors (Lipinski definition) is 2. The Morgan fingerprint density at radius 1 is 1.23 bits per heavy atom. The average molecular weight is 529 g/mol. The van der Waals surface area contributed by atoms with E-state index < -0.39 is 10.0 Å². The second kappa shape index (κ2) is 10.6. The van der Waals surface area contributed by atoms with E-state index in [2.05, 4.69) is 38.2 Å². The summed E-state index contributed by atoms with van der Waals surface area (Å²) in [4.78, 5) is 17.1. The molecule has 0 spiro atoms. The molecule has 1 amide bonds. The molecular weight excluding hydrogens is 508 g/mol. The molecule has 12 heteroatoms. The van der Waals surface area contributed by atoms with Gasteiger partial charge in [0.25, 0.3) is 10.0 Å². The summed E-state index contributed by atoms with van der Waals surface area (Å²) in [6.07, 6.45) is 2.85. The van der Waals surface area contributed by atoms with Gasteiger partial charge in [0.1, 0.15) is 11.1 Å². The van der Waals surface area contributed by atoms with Crippen LogP contribution in [0.2, 0.25) is 5.15 Å². The molecule has 1 aromatic carbocycles. The zero-order valence-electron chi connectivity index (χ0n) is 18.7. The maximum atomic E-state index is 12.5. The number of anilines is 2. The maximum absolute atomic E-state index is 12.5. The molecule has 2 aromatic heterocycles. The summed E-state index contributed by atoms with van der Waals surface area (Å²) in [6.45, 7) is 2.19. The van der Waals surface area contributed by atoms with Gasteiger partial charge >= 0.3 is 0 Å². The first-order chi connectivity index (χ1) is 16.7. The second-order valence-corrected chi connectivity index (χ2v) is 11.1. The zero-order valence-corrected chi connectivity index (χ0v) is 21.0. The van der Waals surface area contributed by atoms with Gasteiger partial charge in [0.05, 0.1) is 16.2 Å². The van der Waals surface area contributed by atoms with Crippen molar-refractivity contribution in [3.05, 3.63) is 64.4 Å². The molecule has 0 aliphatic heterocycles. The number of carbonyl (C=O) groups excluding carboxylic acids is 1. The molecular formula is C23H21ClN6O3S2. The van der Waals surface area contributed by atoms with Gasteiger partial charge in [0.15, 0.2) is 11.0 Å². The van der Waals surface area contributed by atoms with E-state index in [0.717, 1.165) is 30.5 Å². The van der Waals surface area contributed by atoms with Crippen molar-refractivity contribution in [2.75, 3.05) is 15.8 Å². The fourth-order valence-corrected chi connectivity index (χ4v) is 5.51. The first-order valence-electron chi connectivity index (χ1n) is 10.7. The Labute approximate surface area is 212 Å². The van der Waals surface area contributed by atoms with Crippen LogP contribution < -0.4 is 10.0 Å². The van der Waals surface area contributed by atoms with Gasteiger partial charge in [-0.3, -0.25) is 9.52 Å². The largest absolute Gasteiger partial charge is 0.325 e. The number of pyridine rings is 1. The molecule has 0 saturated heterocycles. The monoisotopic (exact) mass is 528 g/mol. The number of aromatic nitrogens is 3. The van der Waals surface area contributed by atoms with Gasteiger partial charge in [-0.2, -0.15) is 5.26 Å². The second-order valence-electron chi connectivity index (χ2n) is 8.11. The van der Waals surface area contributed by atoms with Crippen LogP contribution in [0.1, 0.15) is 30.2 Å². The van der Waals surface area contributed by atoms with E-state index in [1.54, 1.807) is 0 Å². The fourth-order valence-electron chi connectivity index (χ4n) is 3.63. The van der Waals surface area contributed by atoms with Crippen LogP contribution in [0.25, 0.3) is 0 Å². The molecule has 1 atom stereocenters. The number of thioether (sulfide) groups is 1. The lowest BCUT2D eigenvalue weighted by molar-refractivity contribution is -0.113. The normalized spacial score (nSPS) is 15.1. The Kier molecular flexibility index (Phi) is 7.54. The smallest absolute Gasteiger partial charge is 0.263 e. The van der Waals surface area contributed by atoms with Crippen molar-refractivity contribution in [3.8, 4) is 6.07 Å².